The number of hydrogen-bond donors (Lipinski definition) is 0. The Kier molecular flexibility index (Phi) is 6.02. The third kappa shape index (κ3) is 4.58. The van der Waals surface area contributed by atoms with Crippen molar-refractivity contribution in [3.8, 4) is 33.9 Å². The van der Waals surface area contributed by atoms with Gasteiger partial charge in [0.2, 0.25) is 0 Å². The van der Waals surface area contributed by atoms with E-state index in [0.29, 0.717) is 0 Å². The van der Waals surface area contributed by atoms with Crippen LogP contribution in [0.15, 0.2) is 103 Å². The molecule has 0 fully saturated rings. The molecule has 0 N–H and O–H groups in total. The highest BCUT2D eigenvalue weighted by Gasteiger charge is 2.17. The molecule has 3 aromatic carbocycles. The van der Waals surface area contributed by atoms with Gasteiger partial charge in [-0.3, -0.25) is 0 Å². The van der Waals surface area contributed by atoms with Gasteiger partial charge in [0.15, 0.2) is 5.82 Å². The van der Waals surface area contributed by atoms with Crippen molar-refractivity contribution < 1.29 is 0 Å². The summed E-state index contributed by atoms with van der Waals surface area (Å²) in [7, 11) is 0. The molecule has 0 aliphatic rings. The molecule has 1 unspecified atom stereocenters. The lowest BCUT2D eigenvalue weighted by molar-refractivity contribution is 0.553. The molecule has 1 atom stereocenters. The van der Waals surface area contributed by atoms with Crippen LogP contribution in [0.5, 0.6) is 0 Å². The molecule has 5 heteroatoms. The molecular formula is C28H25N5. The van der Waals surface area contributed by atoms with Gasteiger partial charge in [0.05, 0.1) is 0 Å². The number of imidazole rings is 1. The van der Waals surface area contributed by atoms with Crippen LogP contribution in [0, 0.1) is 0 Å². The van der Waals surface area contributed by atoms with Gasteiger partial charge in [-0.25, -0.2) is 9.97 Å². The Morgan fingerprint density at radius 1 is 0.697 bits per heavy atom. The normalized spacial score (nSPS) is 11.9. The van der Waals surface area contributed by atoms with Gasteiger partial charge in [-0.05, 0) is 6.42 Å². The minimum atomic E-state index is 0.149. The van der Waals surface area contributed by atoms with Crippen molar-refractivity contribution in [3.05, 3.63) is 109 Å². The molecule has 0 spiro atoms. The summed E-state index contributed by atoms with van der Waals surface area (Å²) in [5.74, 6) is 1.89. The maximum Gasteiger partial charge on any atom is 0.154 e. The summed E-state index contributed by atoms with van der Waals surface area (Å²) in [6.45, 7) is 2.99. The van der Waals surface area contributed by atoms with Crippen molar-refractivity contribution in [3.63, 3.8) is 0 Å². The zero-order chi connectivity index (χ0) is 22.5. The number of rotatable bonds is 7. The van der Waals surface area contributed by atoms with Crippen LogP contribution in [0.2, 0.25) is 0 Å². The maximum atomic E-state index is 5.00. The topological polar surface area (TPSA) is 56.5 Å². The molecule has 2 heterocycles. The van der Waals surface area contributed by atoms with Gasteiger partial charge >= 0.3 is 0 Å². The first-order valence-electron chi connectivity index (χ1n) is 11.2. The molecule has 162 valence electrons. The molecule has 0 radical (unpaired) electrons. The largest absolute Gasteiger partial charge is 0.331 e. The molecular weight excluding hydrogens is 406 g/mol. The molecule has 0 aliphatic heterocycles. The first kappa shape index (κ1) is 20.8. The zero-order valence-corrected chi connectivity index (χ0v) is 18.5. The van der Waals surface area contributed by atoms with E-state index in [9.17, 15) is 0 Å². The van der Waals surface area contributed by atoms with Crippen LogP contribution in [0.3, 0.4) is 0 Å². The number of aromatic nitrogens is 5. The fourth-order valence-electron chi connectivity index (χ4n) is 3.93. The van der Waals surface area contributed by atoms with Gasteiger partial charge in [0.25, 0.3) is 0 Å². The minimum absolute atomic E-state index is 0.149. The summed E-state index contributed by atoms with van der Waals surface area (Å²) >= 11 is 0. The van der Waals surface area contributed by atoms with Gasteiger partial charge < -0.3 is 4.57 Å². The van der Waals surface area contributed by atoms with Crippen LogP contribution in [0.25, 0.3) is 33.9 Å². The van der Waals surface area contributed by atoms with E-state index in [1.807, 2.05) is 79.1 Å². The molecule has 0 saturated heterocycles. The molecule has 0 aliphatic carbocycles. The van der Waals surface area contributed by atoms with Crippen molar-refractivity contribution >= 4 is 0 Å². The summed E-state index contributed by atoms with van der Waals surface area (Å²) < 4.78 is 2.19. The number of nitrogens with zero attached hydrogens (tertiary/aromatic N) is 5. The van der Waals surface area contributed by atoms with Crippen LogP contribution in [-0.4, -0.2) is 24.7 Å². The van der Waals surface area contributed by atoms with E-state index in [-0.39, 0.29) is 5.92 Å². The zero-order valence-electron chi connectivity index (χ0n) is 18.5. The van der Waals surface area contributed by atoms with Gasteiger partial charge in [0, 0.05) is 41.5 Å². The quantitative estimate of drug-likeness (QED) is 0.305. The summed E-state index contributed by atoms with van der Waals surface area (Å²) in [5, 5.41) is 9.16. The van der Waals surface area contributed by atoms with Crippen LogP contribution in [0.4, 0.5) is 0 Å². The van der Waals surface area contributed by atoms with Crippen molar-refractivity contribution in [1.82, 2.24) is 24.7 Å². The van der Waals surface area contributed by atoms with E-state index in [4.69, 9.17) is 4.98 Å². The molecule has 33 heavy (non-hydrogen) atoms. The molecule has 0 amide bonds. The molecule has 5 aromatic rings. The third-order valence-electron chi connectivity index (χ3n) is 5.79. The third-order valence-corrected chi connectivity index (χ3v) is 5.79. The standard InChI is InChI=1S/C28H25N5/c1-21(17-19-33-20-18-29-28(33)24-15-9-4-10-16-24)27-30-25(22-11-5-2-6-12-22)26(31-32-27)23-13-7-3-8-14-23/h2-16,18,20-21H,17,19H2,1H3. The number of aryl methyl sites for hydroxylation is 1. The van der Waals surface area contributed by atoms with Crippen LogP contribution < -0.4 is 0 Å². The fourth-order valence-corrected chi connectivity index (χ4v) is 3.93. The molecule has 5 nitrogen and oxygen atoms in total. The molecule has 0 saturated carbocycles. The first-order valence-corrected chi connectivity index (χ1v) is 11.2. The average Bonchev–Trinajstić information content (AvgIpc) is 3.37. The predicted octanol–water partition coefficient (Wildman–Crippen LogP) is 6.26. The summed E-state index contributed by atoms with van der Waals surface area (Å²) in [4.78, 5) is 9.56. The maximum absolute atomic E-state index is 5.00. The second-order valence-electron chi connectivity index (χ2n) is 8.10. The fraction of sp³-hybridized carbons (Fsp3) is 0.143. The summed E-state index contributed by atoms with van der Waals surface area (Å²) in [6, 6.07) is 30.6. The second-order valence-corrected chi connectivity index (χ2v) is 8.10. The first-order chi connectivity index (χ1) is 16.3. The minimum Gasteiger partial charge on any atom is -0.331 e. The van der Waals surface area contributed by atoms with E-state index in [0.717, 1.165) is 52.7 Å². The Bertz CT molecular complexity index is 1310. The van der Waals surface area contributed by atoms with Crippen LogP contribution >= 0.6 is 0 Å². The van der Waals surface area contributed by atoms with Crippen molar-refractivity contribution in [2.75, 3.05) is 0 Å². The molecule has 0 bridgehead atoms. The van der Waals surface area contributed by atoms with Gasteiger partial charge in [0.1, 0.15) is 17.2 Å². The van der Waals surface area contributed by atoms with Crippen molar-refractivity contribution in [1.29, 1.82) is 0 Å². The Balaban J connectivity index is 1.42. The van der Waals surface area contributed by atoms with Gasteiger partial charge in [-0.1, -0.05) is 97.9 Å². The molecule has 5 rings (SSSR count). The van der Waals surface area contributed by atoms with Crippen molar-refractivity contribution in [2.24, 2.45) is 0 Å². The molecule has 2 aromatic heterocycles. The smallest absolute Gasteiger partial charge is 0.154 e. The summed E-state index contributed by atoms with van der Waals surface area (Å²) in [5.41, 5.74) is 4.85. The lowest BCUT2D eigenvalue weighted by atomic mass is 10.0. The van der Waals surface area contributed by atoms with Crippen molar-refractivity contribution in [2.45, 2.75) is 25.8 Å². The monoisotopic (exact) mass is 431 g/mol. The highest BCUT2D eigenvalue weighted by Crippen LogP contribution is 2.30. The highest BCUT2D eigenvalue weighted by atomic mass is 15.2. The Morgan fingerprint density at radius 3 is 1.91 bits per heavy atom. The van der Waals surface area contributed by atoms with Crippen LogP contribution in [0.1, 0.15) is 25.1 Å². The second kappa shape index (κ2) is 9.57. The van der Waals surface area contributed by atoms with E-state index < -0.39 is 0 Å². The predicted molar refractivity (Wildman–Crippen MR) is 131 cm³/mol. The van der Waals surface area contributed by atoms with E-state index >= 15 is 0 Å². The van der Waals surface area contributed by atoms with E-state index in [2.05, 4.69) is 50.9 Å². The van der Waals surface area contributed by atoms with Gasteiger partial charge in [-0.15, -0.1) is 10.2 Å². The summed E-state index contributed by atoms with van der Waals surface area (Å²) in [6.07, 6.45) is 4.77. The SMILES string of the molecule is CC(CCn1ccnc1-c1ccccc1)c1nnc(-c2ccccc2)c(-c2ccccc2)n1. The Morgan fingerprint density at radius 2 is 1.27 bits per heavy atom. The van der Waals surface area contributed by atoms with E-state index in [1.165, 1.54) is 0 Å². The van der Waals surface area contributed by atoms with E-state index in [1.54, 1.807) is 0 Å². The number of benzene rings is 3. The highest BCUT2D eigenvalue weighted by molar-refractivity contribution is 5.77. The lowest BCUT2D eigenvalue weighted by Gasteiger charge is -2.15. The average molecular weight is 432 g/mol. The lowest BCUT2D eigenvalue weighted by Crippen LogP contribution is -2.09. The Hall–Kier alpha value is -4.12. The Labute approximate surface area is 193 Å². The van der Waals surface area contributed by atoms with Gasteiger partial charge in [-0.2, -0.15) is 0 Å². The number of hydrogen-bond acceptors (Lipinski definition) is 4. The van der Waals surface area contributed by atoms with Crippen LogP contribution in [-0.2, 0) is 6.54 Å².